The smallest absolute Gasteiger partial charge is 0.166 e. The van der Waals surface area contributed by atoms with E-state index < -0.39 is 11.7 Å². The van der Waals surface area contributed by atoms with Crippen molar-refractivity contribution >= 4 is 0 Å². The van der Waals surface area contributed by atoms with E-state index in [0.717, 1.165) is 6.07 Å². The third-order valence-corrected chi connectivity index (χ3v) is 1.81. The minimum absolute atomic E-state index is 0.221. The summed E-state index contributed by atoms with van der Waals surface area (Å²) in [5.74, 6) is 5.16. The number of hydrogen-bond acceptors (Lipinski definition) is 0. The molecule has 0 amide bonds. The van der Waals surface area contributed by atoms with E-state index in [9.17, 15) is 13.2 Å². The summed E-state index contributed by atoms with van der Waals surface area (Å²) in [4.78, 5) is 0. The van der Waals surface area contributed by atoms with Crippen molar-refractivity contribution in [1.82, 2.24) is 0 Å². The highest BCUT2D eigenvalue weighted by atomic mass is 19.4. The Morgan fingerprint density at radius 3 is 2.36 bits per heavy atom. The van der Waals surface area contributed by atoms with Crippen molar-refractivity contribution in [2.24, 2.45) is 0 Å². The maximum Gasteiger partial charge on any atom is 0.416 e. The Hall–Kier alpha value is -1.43. The number of hydrogen-bond donors (Lipinski definition) is 0. The molecule has 0 aliphatic carbocycles. The molecule has 0 atom stereocenters. The summed E-state index contributed by atoms with van der Waals surface area (Å²) in [6.45, 7) is 3.03. The van der Waals surface area contributed by atoms with Gasteiger partial charge in [0.1, 0.15) is 0 Å². The average molecular weight is 198 g/mol. The minimum atomic E-state index is -4.30. The zero-order valence-electron chi connectivity index (χ0n) is 7.87. The summed E-state index contributed by atoms with van der Waals surface area (Å²) >= 11 is 0. The molecule has 1 rings (SSSR count). The van der Waals surface area contributed by atoms with Crippen LogP contribution in [-0.2, 0) is 6.18 Å². The third kappa shape index (κ3) is 2.29. The van der Waals surface area contributed by atoms with Crippen LogP contribution in [0, 0.1) is 18.8 Å². The summed E-state index contributed by atoms with van der Waals surface area (Å²) in [5, 5.41) is 0. The van der Waals surface area contributed by atoms with Crippen LogP contribution in [0.5, 0.6) is 0 Å². The Morgan fingerprint density at radius 2 is 1.86 bits per heavy atom. The number of benzene rings is 1. The lowest BCUT2D eigenvalue weighted by Gasteiger charge is -2.09. The number of rotatable bonds is 0. The van der Waals surface area contributed by atoms with Crippen LogP contribution in [0.15, 0.2) is 18.2 Å². The van der Waals surface area contributed by atoms with Gasteiger partial charge >= 0.3 is 6.18 Å². The van der Waals surface area contributed by atoms with E-state index in [1.54, 1.807) is 13.0 Å². The molecule has 0 bridgehead atoms. The summed E-state index contributed by atoms with van der Waals surface area (Å²) in [6, 6.07) is 4.09. The van der Waals surface area contributed by atoms with E-state index in [-0.39, 0.29) is 5.56 Å². The third-order valence-electron chi connectivity index (χ3n) is 1.81. The fourth-order valence-electron chi connectivity index (χ4n) is 1.15. The minimum Gasteiger partial charge on any atom is -0.166 e. The fraction of sp³-hybridized carbons (Fsp3) is 0.273. The molecule has 1 aromatic carbocycles. The predicted octanol–water partition coefficient (Wildman–Crippen LogP) is 3.39. The monoisotopic (exact) mass is 198 g/mol. The van der Waals surface area contributed by atoms with E-state index in [2.05, 4.69) is 11.8 Å². The van der Waals surface area contributed by atoms with Gasteiger partial charge in [-0.15, -0.1) is 5.92 Å². The second-order valence-electron chi connectivity index (χ2n) is 2.90. The summed E-state index contributed by atoms with van der Waals surface area (Å²) in [5.41, 5.74) is 0.00216. The Labute approximate surface area is 80.8 Å². The van der Waals surface area contributed by atoms with Crippen molar-refractivity contribution in [3.8, 4) is 11.8 Å². The first-order valence-electron chi connectivity index (χ1n) is 4.05. The molecular formula is C11H9F3. The normalized spacial score (nSPS) is 10.6. The van der Waals surface area contributed by atoms with Gasteiger partial charge < -0.3 is 0 Å². The van der Waals surface area contributed by atoms with Crippen LogP contribution in [0.3, 0.4) is 0 Å². The topological polar surface area (TPSA) is 0 Å². The molecule has 0 fully saturated rings. The molecule has 74 valence electrons. The second-order valence-corrected chi connectivity index (χ2v) is 2.90. The van der Waals surface area contributed by atoms with E-state index >= 15 is 0 Å². The van der Waals surface area contributed by atoms with Crippen LogP contribution in [0.2, 0.25) is 0 Å². The molecule has 14 heavy (non-hydrogen) atoms. The Bertz CT molecular complexity index is 391. The van der Waals surface area contributed by atoms with Gasteiger partial charge in [-0.05, 0) is 31.5 Å². The SMILES string of the molecule is CC#Cc1ccc(C)c(C(F)(F)F)c1. The van der Waals surface area contributed by atoms with Crippen LogP contribution in [0.25, 0.3) is 0 Å². The van der Waals surface area contributed by atoms with Gasteiger partial charge in [0, 0.05) is 5.56 Å². The average Bonchev–Trinajstić information content (AvgIpc) is 2.07. The molecule has 0 N–H and O–H groups in total. The van der Waals surface area contributed by atoms with Gasteiger partial charge in [0.15, 0.2) is 0 Å². The predicted molar refractivity (Wildman–Crippen MR) is 48.7 cm³/mol. The van der Waals surface area contributed by atoms with Gasteiger partial charge in [-0.3, -0.25) is 0 Å². The van der Waals surface area contributed by atoms with Crippen molar-refractivity contribution in [3.05, 3.63) is 34.9 Å². The van der Waals surface area contributed by atoms with Gasteiger partial charge in [0.2, 0.25) is 0 Å². The highest BCUT2D eigenvalue weighted by Gasteiger charge is 2.32. The Balaban J connectivity index is 3.26. The summed E-state index contributed by atoms with van der Waals surface area (Å²) < 4.78 is 37.3. The molecule has 3 heteroatoms. The van der Waals surface area contributed by atoms with Crippen LogP contribution >= 0.6 is 0 Å². The maximum atomic E-state index is 12.4. The number of alkyl halides is 3. The molecule has 0 heterocycles. The van der Waals surface area contributed by atoms with Crippen molar-refractivity contribution in [3.63, 3.8) is 0 Å². The molecule has 0 saturated heterocycles. The highest BCUT2D eigenvalue weighted by Crippen LogP contribution is 2.32. The zero-order valence-corrected chi connectivity index (χ0v) is 7.87. The van der Waals surface area contributed by atoms with Crippen LogP contribution in [0.1, 0.15) is 23.6 Å². The summed E-state index contributed by atoms with van der Waals surface area (Å²) in [7, 11) is 0. The molecule has 0 spiro atoms. The Kier molecular flexibility index (Phi) is 2.85. The van der Waals surface area contributed by atoms with E-state index in [4.69, 9.17) is 0 Å². The number of halogens is 3. The lowest BCUT2D eigenvalue weighted by molar-refractivity contribution is -0.138. The molecule has 0 unspecified atom stereocenters. The molecule has 0 saturated carbocycles. The van der Waals surface area contributed by atoms with Crippen molar-refractivity contribution < 1.29 is 13.2 Å². The van der Waals surface area contributed by atoms with Gasteiger partial charge in [-0.1, -0.05) is 12.0 Å². The quantitative estimate of drug-likeness (QED) is 0.560. The fourth-order valence-corrected chi connectivity index (χ4v) is 1.15. The van der Waals surface area contributed by atoms with Gasteiger partial charge in [0.05, 0.1) is 5.56 Å². The first-order valence-corrected chi connectivity index (χ1v) is 4.05. The van der Waals surface area contributed by atoms with Crippen LogP contribution < -0.4 is 0 Å². The maximum absolute atomic E-state index is 12.4. The molecule has 0 aromatic heterocycles. The van der Waals surface area contributed by atoms with Crippen molar-refractivity contribution in [2.45, 2.75) is 20.0 Å². The van der Waals surface area contributed by atoms with Crippen LogP contribution in [-0.4, -0.2) is 0 Å². The van der Waals surface area contributed by atoms with Gasteiger partial charge in [-0.2, -0.15) is 13.2 Å². The van der Waals surface area contributed by atoms with E-state index in [1.165, 1.54) is 13.0 Å². The first-order chi connectivity index (χ1) is 6.45. The summed E-state index contributed by atoms with van der Waals surface area (Å²) in [6.07, 6.45) is -4.30. The lowest BCUT2D eigenvalue weighted by Crippen LogP contribution is -2.07. The van der Waals surface area contributed by atoms with Crippen LogP contribution in [0.4, 0.5) is 13.2 Å². The second kappa shape index (κ2) is 3.75. The van der Waals surface area contributed by atoms with Gasteiger partial charge in [-0.25, -0.2) is 0 Å². The largest absolute Gasteiger partial charge is 0.416 e. The van der Waals surface area contributed by atoms with Crippen molar-refractivity contribution in [1.29, 1.82) is 0 Å². The van der Waals surface area contributed by atoms with Crippen molar-refractivity contribution in [2.75, 3.05) is 0 Å². The lowest BCUT2D eigenvalue weighted by atomic mass is 10.0. The van der Waals surface area contributed by atoms with Gasteiger partial charge in [0.25, 0.3) is 0 Å². The first kappa shape index (κ1) is 10.6. The molecule has 0 aliphatic rings. The molecule has 1 aromatic rings. The van der Waals surface area contributed by atoms with E-state index in [1.807, 2.05) is 0 Å². The zero-order chi connectivity index (χ0) is 10.8. The molecule has 0 radical (unpaired) electrons. The standard InChI is InChI=1S/C11H9F3/c1-3-4-9-6-5-8(2)10(7-9)11(12,13)14/h5-7H,1-2H3. The highest BCUT2D eigenvalue weighted by molar-refractivity contribution is 5.41. The number of aryl methyl sites for hydroxylation is 1. The molecule has 0 nitrogen and oxygen atoms in total. The Morgan fingerprint density at radius 1 is 1.21 bits per heavy atom. The molecule has 0 aliphatic heterocycles. The van der Waals surface area contributed by atoms with E-state index in [0.29, 0.717) is 5.56 Å². The molecular weight excluding hydrogens is 189 g/mol.